The van der Waals surface area contributed by atoms with E-state index in [1.165, 1.54) is 7.11 Å². The van der Waals surface area contributed by atoms with Gasteiger partial charge in [0, 0.05) is 18.3 Å². The molecule has 0 unspecified atom stereocenters. The monoisotopic (exact) mass is 287 g/mol. The number of piperidine rings is 1. The van der Waals surface area contributed by atoms with Crippen molar-refractivity contribution in [2.75, 3.05) is 26.7 Å². The lowest BCUT2D eigenvalue weighted by Gasteiger charge is -2.30. The van der Waals surface area contributed by atoms with Crippen LogP contribution in [-0.4, -0.2) is 47.0 Å². The van der Waals surface area contributed by atoms with Crippen molar-refractivity contribution in [1.82, 2.24) is 14.3 Å². The molecule has 0 aliphatic carbocycles. The minimum Gasteiger partial charge on any atom is -0.465 e. The minimum absolute atomic E-state index is 0.321. The van der Waals surface area contributed by atoms with Crippen molar-refractivity contribution in [2.24, 2.45) is 0 Å². The zero-order valence-electron chi connectivity index (χ0n) is 12.6. The SMILES string of the molecule is CCN1CCC(c2cn3ccc(C(=O)OC)cc3n2)CC1. The Morgan fingerprint density at radius 1 is 1.43 bits per heavy atom. The predicted octanol–water partition coefficient (Wildman–Crippen LogP) is 2.32. The Morgan fingerprint density at radius 3 is 2.86 bits per heavy atom. The summed E-state index contributed by atoms with van der Waals surface area (Å²) in [5, 5.41) is 0. The van der Waals surface area contributed by atoms with E-state index in [9.17, 15) is 4.79 Å². The van der Waals surface area contributed by atoms with E-state index in [-0.39, 0.29) is 5.97 Å². The predicted molar refractivity (Wildman–Crippen MR) is 80.6 cm³/mol. The molecule has 0 N–H and O–H groups in total. The van der Waals surface area contributed by atoms with Gasteiger partial charge in [-0.05, 0) is 44.6 Å². The zero-order chi connectivity index (χ0) is 14.8. The third kappa shape index (κ3) is 2.78. The first-order valence-electron chi connectivity index (χ1n) is 7.50. The van der Waals surface area contributed by atoms with Gasteiger partial charge in [-0.2, -0.15) is 0 Å². The molecule has 1 fully saturated rings. The maximum Gasteiger partial charge on any atom is 0.338 e. The molecular weight excluding hydrogens is 266 g/mol. The topological polar surface area (TPSA) is 46.8 Å². The Hall–Kier alpha value is -1.88. The van der Waals surface area contributed by atoms with Gasteiger partial charge in [0.15, 0.2) is 0 Å². The highest BCUT2D eigenvalue weighted by molar-refractivity contribution is 5.90. The van der Waals surface area contributed by atoms with Crippen LogP contribution in [0, 0.1) is 0 Å². The van der Waals surface area contributed by atoms with Gasteiger partial charge in [0.05, 0.1) is 18.4 Å². The first kappa shape index (κ1) is 14.1. The number of ether oxygens (including phenoxy) is 1. The van der Waals surface area contributed by atoms with Gasteiger partial charge in [0.1, 0.15) is 5.65 Å². The van der Waals surface area contributed by atoms with Crippen LogP contribution in [-0.2, 0) is 4.74 Å². The smallest absolute Gasteiger partial charge is 0.338 e. The Balaban J connectivity index is 1.83. The van der Waals surface area contributed by atoms with Gasteiger partial charge in [-0.15, -0.1) is 0 Å². The van der Waals surface area contributed by atoms with Crippen LogP contribution in [0.25, 0.3) is 5.65 Å². The number of rotatable bonds is 3. The van der Waals surface area contributed by atoms with E-state index >= 15 is 0 Å². The lowest BCUT2D eigenvalue weighted by Crippen LogP contribution is -2.32. The average molecular weight is 287 g/mol. The summed E-state index contributed by atoms with van der Waals surface area (Å²) < 4.78 is 6.73. The quantitative estimate of drug-likeness (QED) is 0.813. The Labute approximate surface area is 124 Å². The molecule has 2 aromatic heterocycles. The molecule has 112 valence electrons. The largest absolute Gasteiger partial charge is 0.465 e. The number of imidazole rings is 1. The van der Waals surface area contributed by atoms with Gasteiger partial charge in [-0.1, -0.05) is 6.92 Å². The van der Waals surface area contributed by atoms with Crippen molar-refractivity contribution in [1.29, 1.82) is 0 Å². The van der Waals surface area contributed by atoms with Crippen LogP contribution in [0.5, 0.6) is 0 Å². The number of aromatic nitrogens is 2. The Morgan fingerprint density at radius 2 is 2.19 bits per heavy atom. The highest BCUT2D eigenvalue weighted by atomic mass is 16.5. The average Bonchev–Trinajstić information content (AvgIpc) is 2.97. The molecule has 5 heteroatoms. The highest BCUT2D eigenvalue weighted by Gasteiger charge is 2.22. The molecule has 0 aromatic carbocycles. The number of hydrogen-bond donors (Lipinski definition) is 0. The van der Waals surface area contributed by atoms with Crippen LogP contribution in [0.1, 0.15) is 41.7 Å². The minimum atomic E-state index is -0.321. The van der Waals surface area contributed by atoms with Crippen molar-refractivity contribution in [3.63, 3.8) is 0 Å². The van der Waals surface area contributed by atoms with Crippen LogP contribution in [0.3, 0.4) is 0 Å². The molecule has 2 aromatic rings. The molecule has 0 saturated carbocycles. The maximum absolute atomic E-state index is 11.6. The number of pyridine rings is 1. The summed E-state index contributed by atoms with van der Waals surface area (Å²) in [5.74, 6) is 0.201. The number of likely N-dealkylation sites (tertiary alicyclic amines) is 1. The fraction of sp³-hybridized carbons (Fsp3) is 0.500. The first-order chi connectivity index (χ1) is 10.2. The summed E-state index contributed by atoms with van der Waals surface area (Å²) >= 11 is 0. The number of fused-ring (bicyclic) bond motifs is 1. The van der Waals surface area contributed by atoms with Crippen LogP contribution in [0.2, 0.25) is 0 Å². The first-order valence-corrected chi connectivity index (χ1v) is 7.50. The molecule has 1 saturated heterocycles. The van der Waals surface area contributed by atoms with E-state index in [2.05, 4.69) is 18.0 Å². The summed E-state index contributed by atoms with van der Waals surface area (Å²) in [6.07, 6.45) is 6.27. The molecule has 0 bridgehead atoms. The molecule has 0 amide bonds. The number of esters is 1. The van der Waals surface area contributed by atoms with Crippen molar-refractivity contribution >= 4 is 11.6 Å². The van der Waals surface area contributed by atoms with E-state index < -0.39 is 0 Å². The molecule has 21 heavy (non-hydrogen) atoms. The fourth-order valence-corrected chi connectivity index (χ4v) is 2.99. The van der Waals surface area contributed by atoms with Crippen molar-refractivity contribution in [3.8, 4) is 0 Å². The van der Waals surface area contributed by atoms with Crippen molar-refractivity contribution in [2.45, 2.75) is 25.7 Å². The van der Waals surface area contributed by atoms with Crippen molar-refractivity contribution in [3.05, 3.63) is 35.8 Å². The molecule has 0 spiro atoms. The fourth-order valence-electron chi connectivity index (χ4n) is 2.99. The highest BCUT2D eigenvalue weighted by Crippen LogP contribution is 2.27. The summed E-state index contributed by atoms with van der Waals surface area (Å²) in [6, 6.07) is 3.56. The van der Waals surface area contributed by atoms with Crippen molar-refractivity contribution < 1.29 is 9.53 Å². The number of methoxy groups -OCH3 is 1. The molecular formula is C16H21N3O2. The van der Waals surface area contributed by atoms with E-state index in [1.807, 2.05) is 10.6 Å². The maximum atomic E-state index is 11.6. The summed E-state index contributed by atoms with van der Waals surface area (Å²) in [6.45, 7) is 5.62. The molecule has 3 heterocycles. The van der Waals surface area contributed by atoms with E-state index in [0.29, 0.717) is 11.5 Å². The third-order valence-corrected chi connectivity index (χ3v) is 4.35. The second kappa shape index (κ2) is 5.85. The standard InChI is InChI=1S/C16H21N3O2/c1-3-18-7-4-12(5-8-18)14-11-19-9-6-13(16(20)21-2)10-15(19)17-14/h6,9-12H,3-5,7-8H2,1-2H3. The van der Waals surface area contributed by atoms with Gasteiger partial charge in [0.25, 0.3) is 0 Å². The molecule has 1 aliphatic rings. The van der Waals surface area contributed by atoms with Gasteiger partial charge < -0.3 is 14.0 Å². The van der Waals surface area contributed by atoms with Crippen LogP contribution >= 0.6 is 0 Å². The lowest BCUT2D eigenvalue weighted by molar-refractivity contribution is 0.0600. The Bertz CT molecular complexity index is 642. The lowest BCUT2D eigenvalue weighted by atomic mass is 9.94. The second-order valence-electron chi connectivity index (χ2n) is 5.55. The number of carbonyl (C=O) groups excluding carboxylic acids is 1. The van der Waals surface area contributed by atoms with E-state index in [4.69, 9.17) is 9.72 Å². The molecule has 0 radical (unpaired) electrons. The number of carbonyl (C=O) groups is 1. The number of hydrogen-bond acceptors (Lipinski definition) is 4. The summed E-state index contributed by atoms with van der Waals surface area (Å²) in [5.41, 5.74) is 2.49. The van der Waals surface area contributed by atoms with Crippen LogP contribution < -0.4 is 0 Å². The summed E-state index contributed by atoms with van der Waals surface area (Å²) in [7, 11) is 1.39. The molecule has 1 aliphatic heterocycles. The normalized spacial score (nSPS) is 17.2. The third-order valence-electron chi connectivity index (χ3n) is 4.35. The summed E-state index contributed by atoms with van der Waals surface area (Å²) in [4.78, 5) is 18.7. The number of nitrogens with zero attached hydrogens (tertiary/aromatic N) is 3. The van der Waals surface area contributed by atoms with Crippen LogP contribution in [0.15, 0.2) is 24.5 Å². The second-order valence-corrected chi connectivity index (χ2v) is 5.55. The van der Waals surface area contributed by atoms with Gasteiger partial charge in [-0.3, -0.25) is 0 Å². The van der Waals surface area contributed by atoms with Gasteiger partial charge >= 0.3 is 5.97 Å². The Kier molecular flexibility index (Phi) is 3.92. The van der Waals surface area contributed by atoms with E-state index in [0.717, 1.165) is 43.8 Å². The van der Waals surface area contributed by atoms with Crippen LogP contribution in [0.4, 0.5) is 0 Å². The van der Waals surface area contributed by atoms with E-state index in [1.54, 1.807) is 12.1 Å². The molecule has 3 rings (SSSR count). The zero-order valence-corrected chi connectivity index (χ0v) is 12.6. The molecule has 5 nitrogen and oxygen atoms in total. The van der Waals surface area contributed by atoms with Gasteiger partial charge in [0.2, 0.25) is 0 Å². The van der Waals surface area contributed by atoms with Gasteiger partial charge in [-0.25, -0.2) is 9.78 Å². The molecule has 0 atom stereocenters.